The Morgan fingerprint density at radius 2 is 2.24 bits per heavy atom. The minimum Gasteiger partial charge on any atom is -0.481 e. The summed E-state index contributed by atoms with van der Waals surface area (Å²) in [6.07, 6.45) is 1.28. The Kier molecular flexibility index (Phi) is 3.48. The lowest BCUT2D eigenvalue weighted by atomic mass is 9.91. The molecule has 1 aromatic rings. The molecule has 1 atom stereocenters. The van der Waals surface area contributed by atoms with Gasteiger partial charge in [0.05, 0.1) is 6.42 Å². The third-order valence-electron chi connectivity index (χ3n) is 3.48. The number of likely N-dealkylation sites (N-methyl/N-ethyl adjacent to an activating group) is 1. The molecule has 2 rings (SSSR count). The molecule has 0 fully saturated rings. The number of rotatable bonds is 3. The van der Waals surface area contributed by atoms with Crippen LogP contribution in [0.3, 0.4) is 0 Å². The third kappa shape index (κ3) is 2.86. The third-order valence-corrected chi connectivity index (χ3v) is 3.48. The lowest BCUT2D eigenvalue weighted by Gasteiger charge is -2.26. The fourth-order valence-corrected chi connectivity index (χ4v) is 2.40. The van der Waals surface area contributed by atoms with Crippen molar-refractivity contribution in [3.63, 3.8) is 0 Å². The molecule has 1 N–H and O–H groups in total. The quantitative estimate of drug-likeness (QED) is 0.870. The van der Waals surface area contributed by atoms with Crippen molar-refractivity contribution in [2.75, 3.05) is 13.6 Å². The van der Waals surface area contributed by atoms with Crippen molar-refractivity contribution in [2.45, 2.75) is 32.2 Å². The normalized spacial score (nSPS) is 17.5. The van der Waals surface area contributed by atoms with Crippen molar-refractivity contribution >= 4 is 5.97 Å². The molecular weight excluding hydrogens is 214 g/mol. The van der Waals surface area contributed by atoms with Gasteiger partial charge in [-0.25, -0.2) is 0 Å². The van der Waals surface area contributed by atoms with Gasteiger partial charge >= 0.3 is 5.97 Å². The maximum atomic E-state index is 10.7. The molecule has 0 spiro atoms. The van der Waals surface area contributed by atoms with Crippen molar-refractivity contribution in [1.82, 2.24) is 4.90 Å². The van der Waals surface area contributed by atoms with E-state index >= 15 is 0 Å². The van der Waals surface area contributed by atoms with E-state index in [2.05, 4.69) is 30.1 Å². The summed E-state index contributed by atoms with van der Waals surface area (Å²) in [5.41, 5.74) is 3.92. The summed E-state index contributed by atoms with van der Waals surface area (Å²) in [7, 11) is 2.13. The first-order valence-corrected chi connectivity index (χ1v) is 6.08. The van der Waals surface area contributed by atoms with Gasteiger partial charge in [-0.2, -0.15) is 0 Å². The lowest BCUT2D eigenvalue weighted by molar-refractivity contribution is -0.137. The van der Waals surface area contributed by atoms with Crippen LogP contribution in [-0.2, 0) is 17.8 Å². The molecule has 1 aliphatic rings. The van der Waals surface area contributed by atoms with Crippen molar-refractivity contribution in [3.8, 4) is 0 Å². The van der Waals surface area contributed by atoms with Gasteiger partial charge in [-0.3, -0.25) is 4.79 Å². The zero-order valence-corrected chi connectivity index (χ0v) is 10.4. The number of carboxylic acid groups (broad SMARTS) is 1. The van der Waals surface area contributed by atoms with E-state index in [1.165, 1.54) is 11.1 Å². The summed E-state index contributed by atoms with van der Waals surface area (Å²) in [5, 5.41) is 8.81. The SMILES string of the molecule is CC(CC(=O)O)c1ccc2c(c1)CCN(C)C2. The van der Waals surface area contributed by atoms with Crippen LogP contribution in [-0.4, -0.2) is 29.6 Å². The van der Waals surface area contributed by atoms with Gasteiger partial charge in [-0.1, -0.05) is 25.1 Å². The Morgan fingerprint density at radius 1 is 1.47 bits per heavy atom. The number of aliphatic carboxylic acids is 1. The Bertz CT molecular complexity index is 428. The second kappa shape index (κ2) is 4.88. The predicted molar refractivity (Wildman–Crippen MR) is 67.1 cm³/mol. The monoisotopic (exact) mass is 233 g/mol. The Labute approximate surface area is 102 Å². The van der Waals surface area contributed by atoms with Gasteiger partial charge in [-0.15, -0.1) is 0 Å². The molecule has 0 amide bonds. The maximum Gasteiger partial charge on any atom is 0.303 e. The summed E-state index contributed by atoms with van der Waals surface area (Å²) >= 11 is 0. The molecule has 0 radical (unpaired) electrons. The number of fused-ring (bicyclic) bond motifs is 1. The number of hydrogen-bond acceptors (Lipinski definition) is 2. The van der Waals surface area contributed by atoms with Crippen LogP contribution >= 0.6 is 0 Å². The number of carbonyl (C=O) groups is 1. The molecule has 0 saturated carbocycles. The van der Waals surface area contributed by atoms with E-state index in [0.717, 1.165) is 25.1 Å². The van der Waals surface area contributed by atoms with Crippen LogP contribution in [0.15, 0.2) is 18.2 Å². The van der Waals surface area contributed by atoms with Crippen LogP contribution in [0.1, 0.15) is 36.0 Å². The van der Waals surface area contributed by atoms with Crippen molar-refractivity contribution in [1.29, 1.82) is 0 Å². The second-order valence-corrected chi connectivity index (χ2v) is 5.01. The molecule has 1 heterocycles. The standard InChI is InChI=1S/C14H19NO2/c1-10(7-14(16)17)11-3-4-13-9-15(2)6-5-12(13)8-11/h3-4,8,10H,5-7,9H2,1-2H3,(H,16,17). The van der Waals surface area contributed by atoms with Crippen molar-refractivity contribution in [2.24, 2.45) is 0 Å². The highest BCUT2D eigenvalue weighted by atomic mass is 16.4. The average molecular weight is 233 g/mol. The van der Waals surface area contributed by atoms with E-state index in [4.69, 9.17) is 5.11 Å². The smallest absolute Gasteiger partial charge is 0.303 e. The van der Waals surface area contributed by atoms with E-state index in [0.29, 0.717) is 0 Å². The van der Waals surface area contributed by atoms with Crippen LogP contribution in [0.25, 0.3) is 0 Å². The first-order chi connectivity index (χ1) is 8.06. The van der Waals surface area contributed by atoms with Crippen molar-refractivity contribution in [3.05, 3.63) is 34.9 Å². The van der Waals surface area contributed by atoms with E-state index in [1.807, 2.05) is 6.92 Å². The number of hydrogen-bond donors (Lipinski definition) is 1. The van der Waals surface area contributed by atoms with Crippen LogP contribution in [0.2, 0.25) is 0 Å². The highest BCUT2D eigenvalue weighted by molar-refractivity contribution is 5.68. The molecule has 3 nitrogen and oxygen atoms in total. The van der Waals surface area contributed by atoms with Gasteiger partial charge in [0.25, 0.3) is 0 Å². The van der Waals surface area contributed by atoms with E-state index in [-0.39, 0.29) is 12.3 Å². The maximum absolute atomic E-state index is 10.7. The van der Waals surface area contributed by atoms with Gasteiger partial charge in [-0.05, 0) is 36.1 Å². The lowest BCUT2D eigenvalue weighted by Crippen LogP contribution is -2.26. The molecule has 0 bridgehead atoms. The number of benzene rings is 1. The minimum absolute atomic E-state index is 0.0949. The van der Waals surface area contributed by atoms with Gasteiger partial charge in [0, 0.05) is 13.1 Å². The molecule has 92 valence electrons. The molecule has 0 saturated heterocycles. The topological polar surface area (TPSA) is 40.5 Å². The highest BCUT2D eigenvalue weighted by Gasteiger charge is 2.16. The fraction of sp³-hybridized carbons (Fsp3) is 0.500. The molecule has 1 aromatic carbocycles. The van der Waals surface area contributed by atoms with Gasteiger partial charge < -0.3 is 10.0 Å². The molecule has 0 aromatic heterocycles. The van der Waals surface area contributed by atoms with Gasteiger partial charge in [0.2, 0.25) is 0 Å². The van der Waals surface area contributed by atoms with Crippen LogP contribution < -0.4 is 0 Å². The summed E-state index contributed by atoms with van der Waals surface area (Å²) in [6, 6.07) is 6.42. The molecule has 1 unspecified atom stereocenters. The average Bonchev–Trinajstić information content (AvgIpc) is 2.27. The minimum atomic E-state index is -0.727. The zero-order chi connectivity index (χ0) is 12.4. The van der Waals surface area contributed by atoms with E-state index in [9.17, 15) is 4.79 Å². The Balaban J connectivity index is 2.19. The summed E-state index contributed by atoms with van der Waals surface area (Å²) < 4.78 is 0. The summed E-state index contributed by atoms with van der Waals surface area (Å²) in [4.78, 5) is 13.0. The van der Waals surface area contributed by atoms with Crippen LogP contribution in [0.4, 0.5) is 0 Å². The van der Waals surface area contributed by atoms with Crippen LogP contribution in [0.5, 0.6) is 0 Å². The number of carboxylic acids is 1. The van der Waals surface area contributed by atoms with Crippen LogP contribution in [0, 0.1) is 0 Å². The number of nitrogens with zero attached hydrogens (tertiary/aromatic N) is 1. The molecular formula is C14H19NO2. The Hall–Kier alpha value is -1.35. The highest BCUT2D eigenvalue weighted by Crippen LogP contribution is 2.25. The Morgan fingerprint density at radius 3 is 2.94 bits per heavy atom. The summed E-state index contributed by atoms with van der Waals surface area (Å²) in [5.74, 6) is -0.632. The largest absolute Gasteiger partial charge is 0.481 e. The van der Waals surface area contributed by atoms with Gasteiger partial charge in [0.1, 0.15) is 0 Å². The molecule has 1 aliphatic heterocycles. The second-order valence-electron chi connectivity index (χ2n) is 5.01. The zero-order valence-electron chi connectivity index (χ0n) is 10.4. The molecule has 3 heteroatoms. The first kappa shape index (κ1) is 12.1. The summed E-state index contributed by atoms with van der Waals surface area (Å²) in [6.45, 7) is 4.07. The molecule has 0 aliphatic carbocycles. The van der Waals surface area contributed by atoms with Gasteiger partial charge in [0.15, 0.2) is 0 Å². The molecule has 17 heavy (non-hydrogen) atoms. The van der Waals surface area contributed by atoms with E-state index < -0.39 is 5.97 Å². The first-order valence-electron chi connectivity index (χ1n) is 6.08. The fourth-order valence-electron chi connectivity index (χ4n) is 2.40. The van der Waals surface area contributed by atoms with Crippen molar-refractivity contribution < 1.29 is 9.90 Å². The van der Waals surface area contributed by atoms with E-state index in [1.54, 1.807) is 0 Å². The predicted octanol–water partition coefficient (Wildman–Crippen LogP) is 2.25.